The van der Waals surface area contributed by atoms with Crippen LogP contribution in [0.4, 0.5) is 11.8 Å². The summed E-state index contributed by atoms with van der Waals surface area (Å²) < 4.78 is 0. The van der Waals surface area contributed by atoms with Crippen LogP contribution >= 0.6 is 11.3 Å². The number of carbonyl (C=O) groups excluding carboxylic acids is 1. The largest absolute Gasteiger partial charge is 0.368 e. The molecule has 1 aliphatic carbocycles. The molecule has 0 saturated heterocycles. The van der Waals surface area contributed by atoms with Crippen molar-refractivity contribution in [1.29, 1.82) is 0 Å². The zero-order valence-corrected chi connectivity index (χ0v) is 11.4. The number of hydrogen-bond acceptors (Lipinski definition) is 6. The number of nitrogen functional groups attached to an aromatic ring is 1. The number of carbonyl (C=O) groups is 1. The molecule has 1 saturated carbocycles. The van der Waals surface area contributed by atoms with Crippen molar-refractivity contribution in [3.05, 3.63) is 10.9 Å². The van der Waals surface area contributed by atoms with Gasteiger partial charge in [-0.25, -0.2) is 4.98 Å². The first kappa shape index (κ1) is 12.3. The zero-order valence-electron chi connectivity index (χ0n) is 10.6. The highest BCUT2D eigenvalue weighted by atomic mass is 32.1. The SMILES string of the molecule is Nc1nc(NC2CCCCC2)c2cc(C=O)sc2n1. The number of aldehydes is 1. The Balaban J connectivity index is 1.96. The Bertz CT molecular complexity index is 604. The number of hydrogen-bond donors (Lipinski definition) is 2. The van der Waals surface area contributed by atoms with Crippen molar-refractivity contribution >= 4 is 39.6 Å². The smallest absolute Gasteiger partial charge is 0.223 e. The highest BCUT2D eigenvalue weighted by Crippen LogP contribution is 2.30. The Morgan fingerprint density at radius 2 is 2.11 bits per heavy atom. The first-order valence-electron chi connectivity index (χ1n) is 6.55. The summed E-state index contributed by atoms with van der Waals surface area (Å²) in [7, 11) is 0. The summed E-state index contributed by atoms with van der Waals surface area (Å²) in [5.41, 5.74) is 5.74. The van der Waals surface area contributed by atoms with Crippen LogP contribution in [0, 0.1) is 0 Å². The molecule has 19 heavy (non-hydrogen) atoms. The lowest BCUT2D eigenvalue weighted by atomic mass is 9.95. The van der Waals surface area contributed by atoms with Crippen LogP contribution in [0.1, 0.15) is 41.8 Å². The minimum Gasteiger partial charge on any atom is -0.368 e. The number of fused-ring (bicyclic) bond motifs is 1. The van der Waals surface area contributed by atoms with Gasteiger partial charge in [0.05, 0.1) is 10.3 Å². The summed E-state index contributed by atoms with van der Waals surface area (Å²) in [6.45, 7) is 0. The molecule has 0 spiro atoms. The maximum absolute atomic E-state index is 10.9. The van der Waals surface area contributed by atoms with Crippen LogP contribution in [0.25, 0.3) is 10.2 Å². The average Bonchev–Trinajstić information content (AvgIpc) is 2.83. The summed E-state index contributed by atoms with van der Waals surface area (Å²) in [4.78, 5) is 20.8. The maximum Gasteiger partial charge on any atom is 0.223 e. The minimum atomic E-state index is 0.255. The lowest BCUT2D eigenvalue weighted by Crippen LogP contribution is -2.23. The molecule has 0 aromatic carbocycles. The van der Waals surface area contributed by atoms with Gasteiger partial charge in [0.2, 0.25) is 5.95 Å². The van der Waals surface area contributed by atoms with Gasteiger partial charge in [-0.05, 0) is 18.9 Å². The highest BCUT2D eigenvalue weighted by Gasteiger charge is 2.17. The molecule has 1 aliphatic rings. The van der Waals surface area contributed by atoms with E-state index in [-0.39, 0.29) is 5.95 Å². The summed E-state index contributed by atoms with van der Waals surface area (Å²) in [5.74, 6) is 1.02. The van der Waals surface area contributed by atoms with Crippen LogP contribution < -0.4 is 11.1 Å². The van der Waals surface area contributed by atoms with Gasteiger partial charge >= 0.3 is 0 Å². The predicted octanol–water partition coefficient (Wildman–Crippen LogP) is 2.83. The molecule has 2 heterocycles. The van der Waals surface area contributed by atoms with Crippen molar-refractivity contribution in [2.24, 2.45) is 0 Å². The standard InChI is InChI=1S/C13H16N4OS/c14-13-16-11(15-8-4-2-1-3-5-8)10-6-9(7-18)19-12(10)17-13/h6-8H,1-5H2,(H3,14,15,16,17). The molecule has 6 heteroatoms. The molecule has 0 amide bonds. The van der Waals surface area contributed by atoms with Gasteiger partial charge in [-0.15, -0.1) is 11.3 Å². The molecular weight excluding hydrogens is 260 g/mol. The highest BCUT2D eigenvalue weighted by molar-refractivity contribution is 7.20. The van der Waals surface area contributed by atoms with E-state index in [2.05, 4.69) is 15.3 Å². The molecule has 3 rings (SSSR count). The summed E-state index contributed by atoms with van der Waals surface area (Å²) in [5, 5.41) is 4.36. The van der Waals surface area contributed by atoms with E-state index in [0.717, 1.165) is 35.2 Å². The number of rotatable bonds is 3. The second-order valence-corrected chi connectivity index (χ2v) is 5.96. The van der Waals surface area contributed by atoms with E-state index in [9.17, 15) is 4.79 Å². The van der Waals surface area contributed by atoms with Crippen molar-refractivity contribution in [2.75, 3.05) is 11.1 Å². The molecule has 5 nitrogen and oxygen atoms in total. The van der Waals surface area contributed by atoms with Gasteiger partial charge in [0.15, 0.2) is 6.29 Å². The first-order valence-corrected chi connectivity index (χ1v) is 7.36. The number of nitrogens with one attached hydrogen (secondary N) is 1. The lowest BCUT2D eigenvalue weighted by molar-refractivity contribution is 0.112. The fourth-order valence-corrected chi connectivity index (χ4v) is 3.42. The molecule has 1 fully saturated rings. The summed E-state index contributed by atoms with van der Waals surface area (Å²) in [6, 6.07) is 2.28. The van der Waals surface area contributed by atoms with Gasteiger partial charge in [0.25, 0.3) is 0 Å². The van der Waals surface area contributed by atoms with Crippen molar-refractivity contribution in [3.63, 3.8) is 0 Å². The van der Waals surface area contributed by atoms with Crippen LogP contribution in [0.5, 0.6) is 0 Å². The van der Waals surface area contributed by atoms with Crippen molar-refractivity contribution in [2.45, 2.75) is 38.1 Å². The van der Waals surface area contributed by atoms with E-state index in [4.69, 9.17) is 5.73 Å². The Morgan fingerprint density at radius 1 is 1.32 bits per heavy atom. The fourth-order valence-electron chi connectivity index (χ4n) is 2.56. The second kappa shape index (κ2) is 5.13. The Hall–Kier alpha value is -1.69. The van der Waals surface area contributed by atoms with E-state index < -0.39 is 0 Å². The Labute approximate surface area is 115 Å². The fraction of sp³-hybridized carbons (Fsp3) is 0.462. The van der Waals surface area contributed by atoms with Gasteiger partial charge in [-0.1, -0.05) is 19.3 Å². The van der Waals surface area contributed by atoms with Gasteiger partial charge in [0.1, 0.15) is 10.6 Å². The summed E-state index contributed by atoms with van der Waals surface area (Å²) in [6.07, 6.45) is 6.99. The average molecular weight is 276 g/mol. The van der Waals surface area contributed by atoms with Crippen LogP contribution in [0.3, 0.4) is 0 Å². The molecule has 0 aliphatic heterocycles. The van der Waals surface area contributed by atoms with Gasteiger partial charge < -0.3 is 11.1 Å². The number of aromatic nitrogens is 2. The molecule has 2 aromatic rings. The van der Waals surface area contributed by atoms with Crippen LogP contribution in [0.2, 0.25) is 0 Å². The van der Waals surface area contributed by atoms with Crippen molar-refractivity contribution < 1.29 is 4.79 Å². The third kappa shape index (κ3) is 2.53. The van der Waals surface area contributed by atoms with E-state index in [1.165, 1.54) is 30.6 Å². The molecule has 0 atom stereocenters. The molecular formula is C13H16N4OS. The maximum atomic E-state index is 10.9. The monoisotopic (exact) mass is 276 g/mol. The Morgan fingerprint density at radius 3 is 2.84 bits per heavy atom. The number of anilines is 2. The number of nitrogens with zero attached hydrogens (tertiary/aromatic N) is 2. The van der Waals surface area contributed by atoms with Crippen LogP contribution in [0.15, 0.2) is 6.07 Å². The third-order valence-corrected chi connectivity index (χ3v) is 4.45. The van der Waals surface area contributed by atoms with E-state index in [1.54, 1.807) is 0 Å². The molecule has 0 radical (unpaired) electrons. The van der Waals surface area contributed by atoms with Crippen molar-refractivity contribution in [3.8, 4) is 0 Å². The topological polar surface area (TPSA) is 80.9 Å². The quantitative estimate of drug-likeness (QED) is 0.842. The first-order chi connectivity index (χ1) is 9.26. The lowest BCUT2D eigenvalue weighted by Gasteiger charge is -2.23. The number of thiophene rings is 1. The molecule has 2 aromatic heterocycles. The molecule has 0 unspecified atom stereocenters. The van der Waals surface area contributed by atoms with E-state index >= 15 is 0 Å². The van der Waals surface area contributed by atoms with Crippen LogP contribution in [-0.2, 0) is 0 Å². The third-order valence-electron chi connectivity index (χ3n) is 3.49. The molecule has 100 valence electrons. The Kier molecular flexibility index (Phi) is 3.33. The predicted molar refractivity (Wildman–Crippen MR) is 77.7 cm³/mol. The van der Waals surface area contributed by atoms with Gasteiger partial charge in [0, 0.05) is 6.04 Å². The second-order valence-electron chi connectivity index (χ2n) is 4.90. The zero-order chi connectivity index (χ0) is 13.2. The number of nitrogens with two attached hydrogens (primary N) is 1. The molecule has 3 N–H and O–H groups in total. The molecule has 0 bridgehead atoms. The summed E-state index contributed by atoms with van der Waals surface area (Å²) >= 11 is 1.35. The normalized spacial score (nSPS) is 16.6. The minimum absolute atomic E-state index is 0.255. The van der Waals surface area contributed by atoms with E-state index in [1.807, 2.05) is 6.07 Å². The van der Waals surface area contributed by atoms with Crippen LogP contribution in [-0.4, -0.2) is 22.3 Å². The van der Waals surface area contributed by atoms with E-state index in [0.29, 0.717) is 10.9 Å². The van der Waals surface area contributed by atoms with Gasteiger partial charge in [-0.3, -0.25) is 4.79 Å². The van der Waals surface area contributed by atoms with Crippen molar-refractivity contribution in [1.82, 2.24) is 9.97 Å². The van der Waals surface area contributed by atoms with Gasteiger partial charge in [-0.2, -0.15) is 4.98 Å².